The zero-order valence-electron chi connectivity index (χ0n) is 26.2. The van der Waals surface area contributed by atoms with Crippen molar-refractivity contribution in [3.63, 3.8) is 0 Å². The summed E-state index contributed by atoms with van der Waals surface area (Å²) in [6, 6.07) is 3.87. The number of urea groups is 1. The van der Waals surface area contributed by atoms with E-state index in [9.17, 15) is 4.79 Å². The van der Waals surface area contributed by atoms with E-state index in [0.29, 0.717) is 18.1 Å². The number of nitrogens with zero attached hydrogens (tertiary/aromatic N) is 2. The maximum atomic E-state index is 13.5. The maximum absolute atomic E-state index is 13.5. The number of carbonyl (C=O) groups excluding carboxylic acids is 1. The average molecular weight is 576 g/mol. The SMILES string of the molecule is [B]=C(OC(C)(C)C)c1c(NC(=O)NC/C(C2=C(CCCC)CN(C)CC2)=C(/C)n2cccc2)sc2c1CCC(C)C2. The number of aromatic nitrogens is 1. The van der Waals surface area contributed by atoms with Gasteiger partial charge in [0.1, 0.15) is 0 Å². The molecular weight excluding hydrogens is 527 g/mol. The Hall–Kier alpha value is -2.58. The minimum atomic E-state index is -0.423. The first-order valence-corrected chi connectivity index (χ1v) is 16.0. The van der Waals surface area contributed by atoms with Gasteiger partial charge in [-0.2, -0.15) is 0 Å². The second-order valence-electron chi connectivity index (χ2n) is 12.8. The summed E-state index contributed by atoms with van der Waals surface area (Å²) in [6.45, 7) is 15.1. The molecule has 6 nitrogen and oxygen atoms in total. The molecule has 0 saturated heterocycles. The van der Waals surface area contributed by atoms with Crippen LogP contribution in [0.15, 0.2) is 41.2 Å². The number of nitrogens with one attached hydrogen (secondary N) is 2. The predicted molar refractivity (Wildman–Crippen MR) is 175 cm³/mol. The molecule has 1 aliphatic heterocycles. The van der Waals surface area contributed by atoms with Gasteiger partial charge in [-0.05, 0) is 7.05 Å². The summed E-state index contributed by atoms with van der Waals surface area (Å²) in [4.78, 5) is 17.2. The molecule has 0 fully saturated rings. The summed E-state index contributed by atoms with van der Waals surface area (Å²) in [7, 11) is 8.75. The molecule has 2 amide bonds. The van der Waals surface area contributed by atoms with E-state index < -0.39 is 5.60 Å². The van der Waals surface area contributed by atoms with Gasteiger partial charge in [-0.1, -0.05) is 13.3 Å². The number of allylic oxidation sites excluding steroid dienone is 1. The van der Waals surface area contributed by atoms with Crippen molar-refractivity contribution in [3.05, 3.63) is 57.2 Å². The zero-order chi connectivity index (χ0) is 29.7. The number of anilines is 1. The zero-order valence-corrected chi connectivity index (χ0v) is 27.0. The van der Waals surface area contributed by atoms with Gasteiger partial charge in [-0.25, -0.2) is 0 Å². The van der Waals surface area contributed by atoms with E-state index in [1.165, 1.54) is 40.0 Å². The number of ether oxygens (including phenoxy) is 1. The number of likely N-dealkylation sites (N-methyl/N-ethyl adjacent to an activating group) is 1. The van der Waals surface area contributed by atoms with Crippen LogP contribution in [-0.2, 0) is 17.6 Å². The summed E-state index contributed by atoms with van der Waals surface area (Å²) in [5.74, 6) is 0.620. The van der Waals surface area contributed by atoms with Crippen molar-refractivity contribution in [2.24, 2.45) is 5.92 Å². The van der Waals surface area contributed by atoms with Crippen molar-refractivity contribution in [1.82, 2.24) is 14.8 Å². The third kappa shape index (κ3) is 8.04. The Morgan fingerprint density at radius 2 is 1.95 bits per heavy atom. The molecule has 0 aromatic carbocycles. The van der Waals surface area contributed by atoms with Crippen LogP contribution in [0.1, 0.15) is 89.7 Å². The first-order chi connectivity index (χ1) is 19.5. The van der Waals surface area contributed by atoms with Crippen molar-refractivity contribution in [3.8, 4) is 0 Å². The average Bonchev–Trinajstić information content (AvgIpc) is 3.55. The number of amides is 2. The van der Waals surface area contributed by atoms with Crippen molar-refractivity contribution in [2.45, 2.75) is 92.1 Å². The Labute approximate surface area is 252 Å². The molecule has 0 saturated carbocycles. The van der Waals surface area contributed by atoms with Gasteiger partial charge < -0.3 is 0 Å². The van der Waals surface area contributed by atoms with Gasteiger partial charge in [0, 0.05) is 0 Å². The third-order valence-electron chi connectivity index (χ3n) is 8.08. The second kappa shape index (κ2) is 13.6. The van der Waals surface area contributed by atoms with Crippen LogP contribution in [0.4, 0.5) is 9.80 Å². The van der Waals surface area contributed by atoms with E-state index in [2.05, 4.69) is 60.3 Å². The van der Waals surface area contributed by atoms with Crippen LogP contribution in [0, 0.1) is 5.92 Å². The van der Waals surface area contributed by atoms with Gasteiger partial charge in [-0.15, -0.1) is 0 Å². The van der Waals surface area contributed by atoms with Crippen LogP contribution in [0.3, 0.4) is 0 Å². The molecule has 2 aromatic rings. The predicted octanol–water partition coefficient (Wildman–Crippen LogP) is 7.01. The van der Waals surface area contributed by atoms with Crippen molar-refractivity contribution in [1.29, 1.82) is 0 Å². The molecule has 0 bridgehead atoms. The van der Waals surface area contributed by atoms with Gasteiger partial charge in [0.05, 0.1) is 0 Å². The molecule has 1 aliphatic carbocycles. The molecule has 41 heavy (non-hydrogen) atoms. The van der Waals surface area contributed by atoms with Crippen molar-refractivity contribution < 1.29 is 9.53 Å². The molecule has 4 rings (SSSR count). The molecule has 2 N–H and O–H groups in total. The van der Waals surface area contributed by atoms with Crippen molar-refractivity contribution in [2.75, 3.05) is 32.0 Å². The van der Waals surface area contributed by atoms with Crippen LogP contribution in [0.5, 0.6) is 0 Å². The number of fused-ring (bicyclic) bond motifs is 1. The topological polar surface area (TPSA) is 58.5 Å². The third-order valence-corrected chi connectivity index (χ3v) is 9.25. The van der Waals surface area contributed by atoms with Gasteiger partial charge >= 0.3 is 232 Å². The van der Waals surface area contributed by atoms with E-state index in [1.807, 2.05) is 32.9 Å². The number of hydrogen-bond acceptors (Lipinski definition) is 4. The van der Waals surface area contributed by atoms with Crippen LogP contribution >= 0.6 is 11.3 Å². The molecule has 221 valence electrons. The Morgan fingerprint density at radius 1 is 1.22 bits per heavy atom. The molecule has 8 heteroatoms. The van der Waals surface area contributed by atoms with E-state index in [0.717, 1.165) is 61.5 Å². The molecule has 1 unspecified atom stereocenters. The first-order valence-electron chi connectivity index (χ1n) is 15.2. The van der Waals surface area contributed by atoms with E-state index in [1.54, 1.807) is 11.3 Å². The van der Waals surface area contributed by atoms with Gasteiger partial charge in [0.2, 0.25) is 0 Å². The normalized spacial score (nSPS) is 18.5. The first kappa shape index (κ1) is 31.4. The Kier molecular flexibility index (Phi) is 10.4. The number of carbonyl (C=O) groups is 1. The monoisotopic (exact) mass is 575 g/mol. The molecule has 2 aliphatic rings. The summed E-state index contributed by atoms with van der Waals surface area (Å²) in [5.41, 5.74) is 7.31. The molecule has 2 aromatic heterocycles. The Bertz CT molecular complexity index is 1300. The Balaban J connectivity index is 1.60. The van der Waals surface area contributed by atoms with Gasteiger partial charge in [0.15, 0.2) is 0 Å². The molecule has 3 heterocycles. The molecule has 1 radical (unpaired) electrons. The molecule has 1 atom stereocenters. The molecule has 0 spiro atoms. The summed E-state index contributed by atoms with van der Waals surface area (Å²) >= 11 is 1.64. The number of unbranched alkanes of at least 4 members (excludes halogenated alkanes) is 1. The fraction of sp³-hybridized carbons (Fsp3) is 0.576. The number of thiophene rings is 1. The van der Waals surface area contributed by atoms with Crippen LogP contribution < -0.4 is 10.6 Å². The summed E-state index contributed by atoms with van der Waals surface area (Å²) < 4.78 is 8.27. The van der Waals surface area contributed by atoms with E-state index in [-0.39, 0.29) is 6.03 Å². The standard InChI is InChI=1S/C33H48BN4O2S/c1-8-9-12-24-21-37(7)18-15-25(24)27(23(3)38-16-10-11-17-38)20-35-32(39)36-31-29(30(34)40-33(4,5)6)26-14-13-22(2)19-28(26)41-31/h10-11,16-17,22H,8-9,12-15,18-21H2,1-7H3,(H2,35,36,39)/b27-23+. The quantitative estimate of drug-likeness (QED) is 0.300. The Morgan fingerprint density at radius 3 is 2.63 bits per heavy atom. The van der Waals surface area contributed by atoms with Crippen molar-refractivity contribution >= 4 is 41.2 Å². The van der Waals surface area contributed by atoms with E-state index >= 15 is 0 Å². The van der Waals surface area contributed by atoms with Crippen LogP contribution in [-0.4, -0.2) is 60.9 Å². The molecular formula is C33H48BN4O2S. The minimum absolute atomic E-state index is 0.220. The summed E-state index contributed by atoms with van der Waals surface area (Å²) in [5, 5.41) is 7.15. The second-order valence-corrected chi connectivity index (χ2v) is 13.9. The fourth-order valence-corrected chi connectivity index (χ4v) is 7.34. The van der Waals surface area contributed by atoms with Gasteiger partial charge in [0.25, 0.3) is 0 Å². The summed E-state index contributed by atoms with van der Waals surface area (Å²) in [6.07, 6.45) is 11.7. The number of hydrogen-bond donors (Lipinski definition) is 2. The van der Waals surface area contributed by atoms with E-state index in [4.69, 9.17) is 12.2 Å². The van der Waals surface area contributed by atoms with Gasteiger partial charge in [-0.3, -0.25) is 0 Å². The van der Waals surface area contributed by atoms with Crippen LogP contribution in [0.25, 0.3) is 5.70 Å². The van der Waals surface area contributed by atoms with Crippen LogP contribution in [0.2, 0.25) is 0 Å². The number of rotatable bonds is 10. The fourth-order valence-electron chi connectivity index (χ4n) is 5.93.